The molecule has 0 saturated heterocycles. The van der Waals surface area contributed by atoms with E-state index in [0.717, 1.165) is 29.1 Å². The van der Waals surface area contributed by atoms with Crippen molar-refractivity contribution < 1.29 is 14.3 Å². The summed E-state index contributed by atoms with van der Waals surface area (Å²) in [6.45, 7) is 1.89. The number of esters is 1. The van der Waals surface area contributed by atoms with Crippen molar-refractivity contribution in [3.63, 3.8) is 0 Å². The van der Waals surface area contributed by atoms with Gasteiger partial charge in [0.25, 0.3) is 0 Å². The number of dihydropyridines is 1. The minimum atomic E-state index is -0.415. The number of carbonyl (C=O) groups excluding carboxylic acids is 2. The molecule has 1 aliphatic heterocycles. The fourth-order valence-electron chi connectivity index (χ4n) is 4.44. The summed E-state index contributed by atoms with van der Waals surface area (Å²) < 4.78 is 5.09. The van der Waals surface area contributed by atoms with Gasteiger partial charge in [0, 0.05) is 59.9 Å². The third-order valence-corrected chi connectivity index (χ3v) is 6.96. The van der Waals surface area contributed by atoms with Crippen LogP contribution in [0.3, 0.4) is 0 Å². The smallest absolute Gasteiger partial charge is 0.336 e. The average molecular weight is 423 g/mol. The van der Waals surface area contributed by atoms with Crippen LogP contribution >= 0.6 is 11.3 Å². The van der Waals surface area contributed by atoms with Crippen LogP contribution in [0.15, 0.2) is 64.3 Å². The number of thiophene rings is 1. The fraction of sp³-hybridized carbons (Fsp3) is 0.333. The molecule has 2 heterocycles. The van der Waals surface area contributed by atoms with Gasteiger partial charge in [0.05, 0.1) is 12.7 Å². The summed E-state index contributed by atoms with van der Waals surface area (Å²) in [6, 6.07) is 12.2. The number of anilines is 1. The summed E-state index contributed by atoms with van der Waals surface area (Å²) in [5.74, 6) is -0.547. The summed E-state index contributed by atoms with van der Waals surface area (Å²) in [5, 5.41) is 5.42. The summed E-state index contributed by atoms with van der Waals surface area (Å²) >= 11 is 1.69. The Morgan fingerprint density at radius 2 is 1.90 bits per heavy atom. The van der Waals surface area contributed by atoms with E-state index < -0.39 is 11.9 Å². The molecule has 5 nitrogen and oxygen atoms in total. The normalized spacial score (nSPS) is 21.3. The highest BCUT2D eigenvalue weighted by Gasteiger charge is 2.41. The Balaban J connectivity index is 1.80. The molecular weight excluding hydrogens is 396 g/mol. The highest BCUT2D eigenvalue weighted by atomic mass is 32.1. The molecular formula is C24H26N2O3S. The van der Waals surface area contributed by atoms with Gasteiger partial charge in [-0.3, -0.25) is 4.79 Å². The number of methoxy groups -OCH3 is 1. The van der Waals surface area contributed by atoms with Crippen molar-refractivity contribution in [2.45, 2.75) is 31.6 Å². The van der Waals surface area contributed by atoms with E-state index in [2.05, 4.69) is 11.4 Å². The Labute approximate surface area is 181 Å². The number of nitrogens with zero attached hydrogens (tertiary/aromatic N) is 1. The highest BCUT2D eigenvalue weighted by molar-refractivity contribution is 7.10. The topological polar surface area (TPSA) is 58.6 Å². The van der Waals surface area contributed by atoms with Gasteiger partial charge in [-0.2, -0.15) is 0 Å². The van der Waals surface area contributed by atoms with Crippen molar-refractivity contribution in [3.8, 4) is 0 Å². The number of hydrogen-bond acceptors (Lipinski definition) is 6. The second-order valence-corrected chi connectivity index (χ2v) is 8.99. The molecule has 1 aromatic carbocycles. The third kappa shape index (κ3) is 3.56. The number of hydrogen-bond donors (Lipinski definition) is 1. The first-order valence-electron chi connectivity index (χ1n) is 10.0. The predicted octanol–water partition coefficient (Wildman–Crippen LogP) is 4.35. The lowest BCUT2D eigenvalue weighted by Gasteiger charge is -2.36. The maximum absolute atomic E-state index is 13.4. The van der Waals surface area contributed by atoms with Crippen molar-refractivity contribution in [3.05, 3.63) is 74.8 Å². The molecule has 0 fully saturated rings. The van der Waals surface area contributed by atoms with Crippen LogP contribution in [0.4, 0.5) is 5.69 Å². The molecule has 0 saturated carbocycles. The number of ether oxygens (including phenoxy) is 1. The van der Waals surface area contributed by atoms with Crippen LogP contribution in [-0.2, 0) is 14.3 Å². The number of Topliss-reactive ketones (excluding diaryl/α,β-unsaturated/α-hetero) is 1. The number of benzene rings is 1. The maximum Gasteiger partial charge on any atom is 0.336 e. The van der Waals surface area contributed by atoms with Crippen LogP contribution in [0.25, 0.3) is 0 Å². The van der Waals surface area contributed by atoms with Crippen LogP contribution in [0.1, 0.15) is 42.0 Å². The zero-order valence-corrected chi connectivity index (χ0v) is 18.5. The zero-order chi connectivity index (χ0) is 21.4. The molecule has 0 unspecified atom stereocenters. The van der Waals surface area contributed by atoms with E-state index in [1.165, 1.54) is 12.0 Å². The van der Waals surface area contributed by atoms with Gasteiger partial charge in [-0.15, -0.1) is 11.3 Å². The molecule has 4 rings (SSSR count). The lowest BCUT2D eigenvalue weighted by atomic mass is 9.72. The minimum absolute atomic E-state index is 0.0951. The van der Waals surface area contributed by atoms with Crippen LogP contribution < -0.4 is 10.2 Å². The number of rotatable bonds is 4. The van der Waals surface area contributed by atoms with Gasteiger partial charge in [0.15, 0.2) is 5.78 Å². The Bertz CT molecular complexity index is 1030. The molecule has 2 atom stereocenters. The largest absolute Gasteiger partial charge is 0.466 e. The second-order valence-electron chi connectivity index (χ2n) is 8.01. The van der Waals surface area contributed by atoms with Gasteiger partial charge < -0.3 is 15.0 Å². The third-order valence-electron chi connectivity index (χ3n) is 5.92. The van der Waals surface area contributed by atoms with Crippen molar-refractivity contribution in [2.24, 2.45) is 0 Å². The SMILES string of the molecule is COC(=O)C1=C(C)NC2=C(C(=O)C[C@H](c3cccs3)C2)[C@H]1c1ccc(N(C)C)cc1. The van der Waals surface area contributed by atoms with Crippen molar-refractivity contribution in [1.82, 2.24) is 5.32 Å². The van der Waals surface area contributed by atoms with E-state index in [4.69, 9.17) is 4.74 Å². The quantitative estimate of drug-likeness (QED) is 0.743. The van der Waals surface area contributed by atoms with Gasteiger partial charge in [-0.25, -0.2) is 4.79 Å². The van der Waals surface area contributed by atoms with Crippen LogP contribution in [0.5, 0.6) is 0 Å². The molecule has 0 spiro atoms. The fourth-order valence-corrected chi connectivity index (χ4v) is 5.27. The predicted molar refractivity (Wildman–Crippen MR) is 120 cm³/mol. The zero-order valence-electron chi connectivity index (χ0n) is 17.7. The van der Waals surface area contributed by atoms with E-state index >= 15 is 0 Å². The summed E-state index contributed by atoms with van der Waals surface area (Å²) in [6.07, 6.45) is 1.22. The van der Waals surface area contributed by atoms with E-state index in [0.29, 0.717) is 17.6 Å². The monoisotopic (exact) mass is 422 g/mol. The molecule has 156 valence electrons. The molecule has 2 aromatic rings. The number of carbonyl (C=O) groups is 2. The standard InChI is InChI=1S/C24H26N2O3S/c1-14-21(24(28)29-4)22(15-7-9-17(10-8-15)26(2)3)23-18(25-14)12-16(13-19(23)27)20-6-5-11-30-20/h5-11,16,22,25H,12-13H2,1-4H3/t16-,22+/m1/s1. The molecule has 0 bridgehead atoms. The van der Waals surface area contributed by atoms with Crippen LogP contribution in [0.2, 0.25) is 0 Å². The van der Waals surface area contributed by atoms with E-state index in [9.17, 15) is 9.59 Å². The van der Waals surface area contributed by atoms with Gasteiger partial charge in [0.2, 0.25) is 0 Å². The van der Waals surface area contributed by atoms with E-state index in [1.807, 2.05) is 61.6 Å². The number of allylic oxidation sites excluding steroid dienone is 3. The Morgan fingerprint density at radius 1 is 1.17 bits per heavy atom. The first-order chi connectivity index (χ1) is 14.4. The molecule has 2 aliphatic rings. The summed E-state index contributed by atoms with van der Waals surface area (Å²) in [5.41, 5.74) is 4.88. The molecule has 1 aliphatic carbocycles. The Kier molecular flexibility index (Phi) is 5.52. The molecule has 1 aromatic heterocycles. The second kappa shape index (κ2) is 8.11. The van der Waals surface area contributed by atoms with Crippen molar-refractivity contribution in [2.75, 3.05) is 26.1 Å². The Morgan fingerprint density at radius 3 is 2.50 bits per heavy atom. The van der Waals surface area contributed by atoms with Crippen molar-refractivity contribution >= 4 is 28.8 Å². The Hall–Kier alpha value is -2.86. The van der Waals surface area contributed by atoms with Crippen molar-refractivity contribution in [1.29, 1.82) is 0 Å². The van der Waals surface area contributed by atoms with Crippen LogP contribution in [0, 0.1) is 0 Å². The van der Waals surface area contributed by atoms with E-state index in [-0.39, 0.29) is 11.7 Å². The molecule has 30 heavy (non-hydrogen) atoms. The van der Waals surface area contributed by atoms with Gasteiger partial charge in [-0.1, -0.05) is 18.2 Å². The minimum Gasteiger partial charge on any atom is -0.466 e. The molecule has 0 radical (unpaired) electrons. The maximum atomic E-state index is 13.4. The summed E-state index contributed by atoms with van der Waals surface area (Å²) in [4.78, 5) is 29.3. The lowest BCUT2D eigenvalue weighted by Crippen LogP contribution is -2.35. The number of nitrogens with one attached hydrogen (secondary N) is 1. The van der Waals surface area contributed by atoms with Gasteiger partial charge in [0.1, 0.15) is 0 Å². The lowest BCUT2D eigenvalue weighted by molar-refractivity contribution is -0.136. The molecule has 6 heteroatoms. The van der Waals surface area contributed by atoms with Gasteiger partial charge in [-0.05, 0) is 42.5 Å². The highest BCUT2D eigenvalue weighted by Crippen LogP contribution is 2.46. The molecule has 0 amide bonds. The molecule has 1 N–H and O–H groups in total. The van der Waals surface area contributed by atoms with E-state index in [1.54, 1.807) is 11.3 Å². The average Bonchev–Trinajstić information content (AvgIpc) is 3.27. The summed E-state index contributed by atoms with van der Waals surface area (Å²) in [7, 11) is 5.35. The first-order valence-corrected chi connectivity index (χ1v) is 10.9. The van der Waals surface area contributed by atoms with Gasteiger partial charge >= 0.3 is 5.97 Å². The van der Waals surface area contributed by atoms with Crippen LogP contribution in [-0.4, -0.2) is 33.0 Å². The first kappa shape index (κ1) is 20.4. The number of ketones is 1.